The Morgan fingerprint density at radius 2 is 2.07 bits per heavy atom. The van der Waals surface area contributed by atoms with Crippen LogP contribution in [0.15, 0.2) is 24.4 Å². The lowest BCUT2D eigenvalue weighted by molar-refractivity contribution is 0.0985. The summed E-state index contributed by atoms with van der Waals surface area (Å²) in [6.45, 7) is 4.22. The number of nitrogens with one attached hydrogen (secondary N) is 1. The molecule has 1 unspecified atom stereocenters. The van der Waals surface area contributed by atoms with Crippen molar-refractivity contribution in [3.05, 3.63) is 29.5 Å². The molecule has 1 atom stereocenters. The number of hydrogen-bond acceptors (Lipinski definition) is 7. The summed E-state index contributed by atoms with van der Waals surface area (Å²) in [5, 5.41) is 1.29. The summed E-state index contributed by atoms with van der Waals surface area (Å²) in [5.74, 6) is 1.76. The molecule has 4 rings (SSSR count). The van der Waals surface area contributed by atoms with Gasteiger partial charge < -0.3 is 20.4 Å². The van der Waals surface area contributed by atoms with Crippen LogP contribution in [0.5, 0.6) is 0 Å². The van der Waals surface area contributed by atoms with Crippen molar-refractivity contribution in [1.29, 1.82) is 0 Å². The average Bonchev–Trinajstić information content (AvgIpc) is 3.10. The first-order chi connectivity index (χ1) is 13.0. The molecule has 27 heavy (non-hydrogen) atoms. The Bertz CT molecular complexity index is 918. The highest BCUT2D eigenvalue weighted by molar-refractivity contribution is 7.97. The monoisotopic (exact) mass is 406 g/mol. The van der Waals surface area contributed by atoms with Gasteiger partial charge in [-0.05, 0) is 31.6 Å². The number of nitrogen functional groups attached to an aromatic ring is 1. The Hall–Kier alpha value is -2.03. The van der Waals surface area contributed by atoms with Gasteiger partial charge in [0.1, 0.15) is 22.4 Å². The number of rotatable bonds is 2. The fourth-order valence-corrected chi connectivity index (χ4v) is 3.17. The molecule has 3 N–H and O–H groups in total. The lowest BCUT2D eigenvalue weighted by atomic mass is 10.1. The number of halogens is 1. The maximum Gasteiger partial charge on any atom is 0.164 e. The zero-order valence-electron chi connectivity index (χ0n) is 15.6. The molecule has 0 radical (unpaired) electrons. The van der Waals surface area contributed by atoms with E-state index in [1.54, 1.807) is 23.9 Å². The van der Waals surface area contributed by atoms with E-state index in [4.69, 9.17) is 27.1 Å². The van der Waals surface area contributed by atoms with Crippen molar-refractivity contribution < 1.29 is 4.74 Å². The second-order valence-corrected chi connectivity index (χ2v) is 7.44. The van der Waals surface area contributed by atoms with Gasteiger partial charge in [0, 0.05) is 29.8 Å². The van der Waals surface area contributed by atoms with Gasteiger partial charge in [0.05, 0.1) is 19.3 Å². The molecule has 1 aliphatic rings. The fraction of sp³-hybridized carbons (Fsp3) is 0.389. The van der Waals surface area contributed by atoms with E-state index in [0.29, 0.717) is 35.7 Å². The van der Waals surface area contributed by atoms with Crippen LogP contribution in [-0.4, -0.2) is 58.2 Å². The quantitative estimate of drug-likeness (QED) is 0.629. The predicted octanol–water partition coefficient (Wildman–Crippen LogP) is 3.46. The zero-order valence-corrected chi connectivity index (χ0v) is 17.1. The Morgan fingerprint density at radius 3 is 2.81 bits per heavy atom. The number of aromatic amines is 1. The van der Waals surface area contributed by atoms with Gasteiger partial charge in [-0.25, -0.2) is 15.0 Å². The number of anilines is 2. The van der Waals surface area contributed by atoms with Crippen LogP contribution in [-0.2, 0) is 4.74 Å². The Balaban J connectivity index is 0.000000659. The molecular formula is C18H23ClN6OS. The number of aromatic nitrogens is 4. The maximum atomic E-state index is 6.14. The van der Waals surface area contributed by atoms with Crippen molar-refractivity contribution >= 4 is 46.0 Å². The predicted molar refractivity (Wildman–Crippen MR) is 114 cm³/mol. The van der Waals surface area contributed by atoms with Crippen molar-refractivity contribution in [3.8, 4) is 11.4 Å². The van der Waals surface area contributed by atoms with Crippen LogP contribution in [0.25, 0.3) is 22.4 Å². The SMILES string of the molecule is CC1COCCN1c1cc(N)nc(-c2cc(Cl)nc3[nH]ccc23)n1.CSC. The minimum absolute atomic E-state index is 0.231. The molecule has 3 aromatic rings. The Labute approximate surface area is 167 Å². The Morgan fingerprint density at radius 1 is 1.30 bits per heavy atom. The highest BCUT2D eigenvalue weighted by Crippen LogP contribution is 2.30. The van der Waals surface area contributed by atoms with Crippen molar-refractivity contribution in [3.63, 3.8) is 0 Å². The van der Waals surface area contributed by atoms with Crippen molar-refractivity contribution in [2.75, 3.05) is 42.9 Å². The number of fused-ring (bicyclic) bond motifs is 1. The summed E-state index contributed by atoms with van der Waals surface area (Å²) >= 11 is 7.89. The van der Waals surface area contributed by atoms with Gasteiger partial charge in [0.15, 0.2) is 5.82 Å². The van der Waals surface area contributed by atoms with Crippen LogP contribution >= 0.6 is 23.4 Å². The van der Waals surface area contributed by atoms with Crippen molar-refractivity contribution in [2.24, 2.45) is 0 Å². The molecule has 0 spiro atoms. The third-order valence-corrected chi connectivity index (χ3v) is 4.33. The van der Waals surface area contributed by atoms with E-state index in [9.17, 15) is 0 Å². The van der Waals surface area contributed by atoms with E-state index in [1.165, 1.54) is 0 Å². The molecule has 1 aliphatic heterocycles. The number of nitrogens with zero attached hydrogens (tertiary/aromatic N) is 4. The highest BCUT2D eigenvalue weighted by atomic mass is 35.5. The van der Waals surface area contributed by atoms with Crippen molar-refractivity contribution in [2.45, 2.75) is 13.0 Å². The van der Waals surface area contributed by atoms with Crippen molar-refractivity contribution in [1.82, 2.24) is 19.9 Å². The molecular weight excluding hydrogens is 384 g/mol. The molecule has 0 saturated carbocycles. The first-order valence-electron chi connectivity index (χ1n) is 8.56. The maximum absolute atomic E-state index is 6.14. The molecule has 0 aliphatic carbocycles. The second-order valence-electron chi connectivity index (χ2n) is 6.23. The standard InChI is InChI=1S/C16H17ClN6O.C2H6S/c1-9-8-24-5-4-23(9)14-7-13(18)21-16(22-14)11-6-12(17)20-15-10(11)2-3-19-15;1-3-2/h2-3,6-7,9H,4-5,8H2,1H3,(H,19,20)(H2,18,21,22);1-2H3. The summed E-state index contributed by atoms with van der Waals surface area (Å²) < 4.78 is 5.50. The van der Waals surface area contributed by atoms with E-state index in [1.807, 2.05) is 24.8 Å². The largest absolute Gasteiger partial charge is 0.384 e. The van der Waals surface area contributed by atoms with E-state index < -0.39 is 0 Å². The smallest absolute Gasteiger partial charge is 0.164 e. The minimum Gasteiger partial charge on any atom is -0.384 e. The molecule has 3 aromatic heterocycles. The van der Waals surface area contributed by atoms with Crippen LogP contribution in [0, 0.1) is 0 Å². The summed E-state index contributed by atoms with van der Waals surface area (Å²) in [5.41, 5.74) is 7.55. The molecule has 0 amide bonds. The third kappa shape index (κ3) is 4.45. The average molecular weight is 407 g/mol. The van der Waals surface area contributed by atoms with Crippen LogP contribution in [0.1, 0.15) is 6.92 Å². The van der Waals surface area contributed by atoms with Gasteiger partial charge in [0.25, 0.3) is 0 Å². The highest BCUT2D eigenvalue weighted by Gasteiger charge is 2.22. The zero-order chi connectivity index (χ0) is 19.4. The summed E-state index contributed by atoms with van der Waals surface area (Å²) in [4.78, 5) is 18.6. The molecule has 0 bridgehead atoms. The topological polar surface area (TPSA) is 93.0 Å². The third-order valence-electron chi connectivity index (χ3n) is 4.13. The number of H-pyrrole nitrogens is 1. The molecule has 0 aromatic carbocycles. The van der Waals surface area contributed by atoms with Gasteiger partial charge in [-0.3, -0.25) is 0 Å². The van der Waals surface area contributed by atoms with Crippen LogP contribution in [0.3, 0.4) is 0 Å². The summed E-state index contributed by atoms with van der Waals surface area (Å²) in [7, 11) is 0. The van der Waals surface area contributed by atoms with Gasteiger partial charge in [-0.2, -0.15) is 11.8 Å². The minimum atomic E-state index is 0.231. The number of morpholine rings is 1. The second kappa shape index (κ2) is 8.77. The molecule has 1 fully saturated rings. The van der Waals surface area contributed by atoms with Gasteiger partial charge in [0.2, 0.25) is 0 Å². The van der Waals surface area contributed by atoms with Gasteiger partial charge in [-0.15, -0.1) is 0 Å². The van der Waals surface area contributed by atoms with Crippen LogP contribution in [0.4, 0.5) is 11.6 Å². The molecule has 7 nitrogen and oxygen atoms in total. The van der Waals surface area contributed by atoms with Crippen LogP contribution in [0.2, 0.25) is 5.15 Å². The first-order valence-corrected chi connectivity index (χ1v) is 10.6. The number of ether oxygens (including phenoxy) is 1. The number of nitrogens with two attached hydrogens (primary N) is 1. The molecule has 4 heterocycles. The lowest BCUT2D eigenvalue weighted by Crippen LogP contribution is -2.44. The normalized spacial score (nSPS) is 16.9. The number of thioether (sulfide) groups is 1. The van der Waals surface area contributed by atoms with E-state index in [0.717, 1.165) is 23.3 Å². The van der Waals surface area contributed by atoms with E-state index in [2.05, 4.69) is 26.8 Å². The summed E-state index contributed by atoms with van der Waals surface area (Å²) in [6, 6.07) is 5.72. The first kappa shape index (κ1) is 19.7. The number of hydrogen-bond donors (Lipinski definition) is 2. The lowest BCUT2D eigenvalue weighted by Gasteiger charge is -2.34. The number of pyridine rings is 1. The van der Waals surface area contributed by atoms with E-state index >= 15 is 0 Å². The fourth-order valence-electron chi connectivity index (χ4n) is 2.98. The molecule has 9 heteroatoms. The molecule has 1 saturated heterocycles. The van der Waals surface area contributed by atoms with Gasteiger partial charge >= 0.3 is 0 Å². The van der Waals surface area contributed by atoms with Crippen LogP contribution < -0.4 is 10.6 Å². The summed E-state index contributed by atoms with van der Waals surface area (Å²) in [6.07, 6.45) is 5.90. The Kier molecular flexibility index (Phi) is 6.41. The van der Waals surface area contributed by atoms with E-state index in [-0.39, 0.29) is 6.04 Å². The molecule has 144 valence electrons. The van der Waals surface area contributed by atoms with Gasteiger partial charge in [-0.1, -0.05) is 11.6 Å².